The zero-order chi connectivity index (χ0) is 14.1. The minimum atomic E-state index is -0.0810. The van der Waals surface area contributed by atoms with Crippen LogP contribution < -0.4 is 5.32 Å². The summed E-state index contributed by atoms with van der Waals surface area (Å²) >= 11 is 1.86. The first-order valence-corrected chi connectivity index (χ1v) is 8.14. The maximum atomic E-state index is 11.5. The Morgan fingerprint density at radius 3 is 2.60 bits per heavy atom. The van der Waals surface area contributed by atoms with Crippen LogP contribution in [0.3, 0.4) is 0 Å². The van der Waals surface area contributed by atoms with Gasteiger partial charge in [0.1, 0.15) is 0 Å². The fourth-order valence-corrected chi connectivity index (χ4v) is 2.68. The molecule has 1 saturated heterocycles. The highest BCUT2D eigenvalue weighted by atomic mass is 127. The maximum absolute atomic E-state index is 11.5. The van der Waals surface area contributed by atoms with Gasteiger partial charge in [-0.1, -0.05) is 0 Å². The number of nitrogens with zero attached hydrogens (tertiary/aromatic N) is 2. The van der Waals surface area contributed by atoms with Gasteiger partial charge in [-0.3, -0.25) is 9.79 Å². The molecule has 1 heterocycles. The monoisotopic (exact) mass is 415 g/mol. The van der Waals surface area contributed by atoms with Gasteiger partial charge in [-0.15, -0.1) is 24.0 Å². The number of piperidine rings is 1. The molecule has 0 unspecified atom stereocenters. The second-order valence-corrected chi connectivity index (χ2v) is 5.59. The number of nitrogens with one attached hydrogen (secondary N) is 1. The van der Waals surface area contributed by atoms with Gasteiger partial charge in [0.15, 0.2) is 5.96 Å². The van der Waals surface area contributed by atoms with E-state index in [9.17, 15) is 4.79 Å². The minimum Gasteiger partial charge on any atom is -0.469 e. The van der Waals surface area contributed by atoms with Crippen LogP contribution in [0.2, 0.25) is 0 Å². The Morgan fingerprint density at radius 1 is 1.45 bits per heavy atom. The number of thioether (sulfide) groups is 1. The molecule has 0 atom stereocenters. The highest BCUT2D eigenvalue weighted by Gasteiger charge is 2.26. The van der Waals surface area contributed by atoms with Gasteiger partial charge in [0.25, 0.3) is 0 Å². The molecule has 1 aliphatic heterocycles. The summed E-state index contributed by atoms with van der Waals surface area (Å²) in [4.78, 5) is 18.0. The van der Waals surface area contributed by atoms with E-state index in [1.807, 2.05) is 18.8 Å². The van der Waals surface area contributed by atoms with Crippen LogP contribution in [0.4, 0.5) is 0 Å². The van der Waals surface area contributed by atoms with Crippen LogP contribution in [0, 0.1) is 5.92 Å². The molecule has 1 fully saturated rings. The number of hydrogen-bond acceptors (Lipinski definition) is 4. The number of aliphatic imine (C=N–C) groups is 1. The van der Waals surface area contributed by atoms with Crippen molar-refractivity contribution in [3.05, 3.63) is 0 Å². The topological polar surface area (TPSA) is 53.9 Å². The molecule has 0 saturated carbocycles. The highest BCUT2D eigenvalue weighted by molar-refractivity contribution is 14.0. The van der Waals surface area contributed by atoms with Gasteiger partial charge in [0.2, 0.25) is 0 Å². The second kappa shape index (κ2) is 11.5. The van der Waals surface area contributed by atoms with Gasteiger partial charge in [-0.25, -0.2) is 0 Å². The van der Waals surface area contributed by atoms with Gasteiger partial charge in [-0.2, -0.15) is 11.8 Å². The van der Waals surface area contributed by atoms with Crippen molar-refractivity contribution in [2.75, 3.05) is 45.8 Å². The molecule has 118 valence electrons. The molecule has 1 aliphatic rings. The van der Waals surface area contributed by atoms with Crippen LogP contribution in [0.5, 0.6) is 0 Å². The quantitative estimate of drug-likeness (QED) is 0.244. The number of halogens is 1. The van der Waals surface area contributed by atoms with Gasteiger partial charge in [0, 0.05) is 26.7 Å². The third-order valence-electron chi connectivity index (χ3n) is 3.35. The summed E-state index contributed by atoms with van der Waals surface area (Å²) in [6, 6.07) is 0. The van der Waals surface area contributed by atoms with Crippen LogP contribution in [-0.4, -0.2) is 62.6 Å². The third kappa shape index (κ3) is 6.51. The Bertz CT molecular complexity index is 308. The molecular weight excluding hydrogens is 389 g/mol. The largest absolute Gasteiger partial charge is 0.469 e. The third-order valence-corrected chi connectivity index (χ3v) is 4.05. The summed E-state index contributed by atoms with van der Waals surface area (Å²) in [5.41, 5.74) is 0. The number of hydrogen-bond donors (Lipinski definition) is 1. The fraction of sp³-hybridized carbons (Fsp3) is 0.846. The first kappa shape index (κ1) is 19.8. The van der Waals surface area contributed by atoms with Crippen LogP contribution in [0.25, 0.3) is 0 Å². The summed E-state index contributed by atoms with van der Waals surface area (Å²) < 4.78 is 4.80. The summed E-state index contributed by atoms with van der Waals surface area (Å²) in [6.45, 7) is 2.67. The maximum Gasteiger partial charge on any atom is 0.308 e. The van der Waals surface area contributed by atoms with Crippen molar-refractivity contribution in [3.63, 3.8) is 0 Å². The van der Waals surface area contributed by atoms with Gasteiger partial charge in [-0.05, 0) is 31.3 Å². The average Bonchev–Trinajstić information content (AvgIpc) is 2.47. The molecule has 1 rings (SSSR count). The molecule has 0 aromatic rings. The molecule has 0 bridgehead atoms. The van der Waals surface area contributed by atoms with E-state index in [0.717, 1.165) is 50.6 Å². The molecule has 1 N–H and O–H groups in total. The molecule has 0 spiro atoms. The zero-order valence-electron chi connectivity index (χ0n) is 12.6. The van der Waals surface area contributed by atoms with E-state index >= 15 is 0 Å². The number of esters is 1. The number of ether oxygens (including phenoxy) is 1. The lowest BCUT2D eigenvalue weighted by Gasteiger charge is -2.33. The first-order chi connectivity index (χ1) is 9.22. The first-order valence-electron chi connectivity index (χ1n) is 6.75. The normalized spacial score (nSPS) is 16.6. The lowest BCUT2D eigenvalue weighted by atomic mass is 9.97. The molecule has 5 nitrogen and oxygen atoms in total. The van der Waals surface area contributed by atoms with Crippen LogP contribution >= 0.6 is 35.7 Å². The summed E-state index contributed by atoms with van der Waals surface area (Å²) in [5, 5.41) is 3.38. The summed E-state index contributed by atoms with van der Waals surface area (Å²) in [5.74, 6) is 2.08. The highest BCUT2D eigenvalue weighted by Crippen LogP contribution is 2.18. The van der Waals surface area contributed by atoms with E-state index in [-0.39, 0.29) is 35.9 Å². The zero-order valence-corrected chi connectivity index (χ0v) is 15.7. The van der Waals surface area contributed by atoms with Crippen molar-refractivity contribution in [2.45, 2.75) is 19.3 Å². The molecule has 20 heavy (non-hydrogen) atoms. The minimum absolute atomic E-state index is 0. The molecule has 0 amide bonds. The van der Waals surface area contributed by atoms with Gasteiger partial charge >= 0.3 is 5.97 Å². The van der Waals surface area contributed by atoms with E-state index in [2.05, 4.69) is 21.5 Å². The van der Waals surface area contributed by atoms with E-state index in [1.165, 1.54) is 7.11 Å². The van der Waals surface area contributed by atoms with Crippen molar-refractivity contribution < 1.29 is 9.53 Å². The Balaban J connectivity index is 0.00000361. The Hall–Kier alpha value is -0.180. The Labute approximate surface area is 143 Å². The number of rotatable bonds is 5. The van der Waals surface area contributed by atoms with Crippen LogP contribution in [0.15, 0.2) is 4.99 Å². The van der Waals surface area contributed by atoms with E-state index in [1.54, 1.807) is 0 Å². The average molecular weight is 415 g/mol. The van der Waals surface area contributed by atoms with E-state index in [4.69, 9.17) is 4.74 Å². The molecule has 0 aliphatic carbocycles. The van der Waals surface area contributed by atoms with E-state index < -0.39 is 0 Å². The predicted molar refractivity (Wildman–Crippen MR) is 96.1 cm³/mol. The predicted octanol–water partition coefficient (Wildman–Crippen LogP) is 1.82. The standard InChI is InChI=1S/C13H25N3O2S.HI/c1-14-13(15-7-4-10-19-3)16-8-5-11(6-9-16)12(17)18-2;/h11H,4-10H2,1-3H3,(H,14,15);1H. The molecule has 0 aromatic carbocycles. The van der Waals surface area contributed by atoms with Crippen molar-refractivity contribution in [2.24, 2.45) is 10.9 Å². The molecule has 7 heteroatoms. The lowest BCUT2D eigenvalue weighted by molar-refractivity contribution is -0.146. The number of carbonyl (C=O) groups excluding carboxylic acids is 1. The van der Waals surface area contributed by atoms with Crippen molar-refractivity contribution in [1.29, 1.82) is 0 Å². The lowest BCUT2D eigenvalue weighted by Crippen LogP contribution is -2.46. The number of methoxy groups -OCH3 is 1. The van der Waals surface area contributed by atoms with Crippen molar-refractivity contribution in [1.82, 2.24) is 10.2 Å². The van der Waals surface area contributed by atoms with E-state index in [0.29, 0.717) is 0 Å². The smallest absolute Gasteiger partial charge is 0.308 e. The van der Waals surface area contributed by atoms with Gasteiger partial charge < -0.3 is 15.0 Å². The van der Waals surface area contributed by atoms with Crippen molar-refractivity contribution in [3.8, 4) is 0 Å². The summed E-state index contributed by atoms with van der Waals surface area (Å²) in [6.07, 6.45) is 4.95. The number of carbonyl (C=O) groups is 1. The molecule has 0 aromatic heterocycles. The van der Waals surface area contributed by atoms with Crippen LogP contribution in [0.1, 0.15) is 19.3 Å². The SMILES string of the molecule is CN=C(NCCCSC)N1CCC(C(=O)OC)CC1.I. The Morgan fingerprint density at radius 2 is 2.10 bits per heavy atom. The molecule has 0 radical (unpaired) electrons. The fourth-order valence-electron chi connectivity index (χ4n) is 2.24. The number of guanidine groups is 1. The molecular formula is C13H26IN3O2S. The van der Waals surface area contributed by atoms with Crippen molar-refractivity contribution >= 4 is 47.7 Å². The van der Waals surface area contributed by atoms with Crippen LogP contribution in [-0.2, 0) is 9.53 Å². The van der Waals surface area contributed by atoms with Gasteiger partial charge in [0.05, 0.1) is 13.0 Å². The Kier molecular flexibility index (Phi) is 11.4. The number of likely N-dealkylation sites (tertiary alicyclic amines) is 1. The summed E-state index contributed by atoms with van der Waals surface area (Å²) in [7, 11) is 3.27. The second-order valence-electron chi connectivity index (χ2n) is 4.60.